The highest BCUT2D eigenvalue weighted by molar-refractivity contribution is 7.89. The van der Waals surface area contributed by atoms with Gasteiger partial charge in [-0.2, -0.15) is 4.31 Å². The number of anilines is 1. The molecule has 0 spiro atoms. The Morgan fingerprint density at radius 1 is 1.12 bits per heavy atom. The lowest BCUT2D eigenvalue weighted by Crippen LogP contribution is -2.40. The third kappa shape index (κ3) is 5.06. The number of rotatable bonds is 8. The first kappa shape index (κ1) is 22.6. The van der Waals surface area contributed by atoms with Crippen LogP contribution >= 0.6 is 0 Å². The van der Waals surface area contributed by atoms with Crippen LogP contribution in [0.1, 0.15) is 20.3 Å². The topological polar surface area (TPSA) is 94.2 Å². The average molecular weight is 461 g/mol. The maximum absolute atomic E-state index is 13.1. The number of nitrogens with one attached hydrogen (secondary N) is 1. The van der Waals surface area contributed by atoms with Crippen LogP contribution in [0.5, 0.6) is 17.2 Å². The van der Waals surface area contributed by atoms with Crippen LogP contribution in [-0.4, -0.2) is 51.5 Å². The van der Waals surface area contributed by atoms with Crippen LogP contribution in [-0.2, 0) is 19.6 Å². The third-order valence-corrected chi connectivity index (χ3v) is 7.52. The van der Waals surface area contributed by atoms with Gasteiger partial charge in [-0.15, -0.1) is 0 Å². The van der Waals surface area contributed by atoms with E-state index in [2.05, 4.69) is 5.32 Å². The van der Waals surface area contributed by atoms with Crippen molar-refractivity contribution in [2.75, 3.05) is 38.2 Å². The standard InChI is InChI=1S/C23H28N2O6S/c1-3-30-17-4-6-18(7-5-17)31-22-9-8-19(32(27,28)25-10-12-29-13-11-25)15-21(22)24-23(26)20-14-16(20)2/h4-9,15-16,20H,3,10-14H2,1-2H3,(H,24,26)/t16-,20+/m1/s1. The summed E-state index contributed by atoms with van der Waals surface area (Å²) in [5.41, 5.74) is 0.331. The second kappa shape index (κ2) is 9.48. The molecular formula is C23H28N2O6S. The lowest BCUT2D eigenvalue weighted by molar-refractivity contribution is -0.117. The zero-order valence-corrected chi connectivity index (χ0v) is 19.1. The van der Waals surface area contributed by atoms with Gasteiger partial charge in [-0.05, 0) is 61.7 Å². The monoisotopic (exact) mass is 460 g/mol. The minimum Gasteiger partial charge on any atom is -0.494 e. The number of sulfonamides is 1. The Balaban J connectivity index is 1.61. The molecule has 1 aliphatic heterocycles. The van der Waals surface area contributed by atoms with Gasteiger partial charge in [-0.3, -0.25) is 4.79 Å². The molecule has 1 amide bonds. The minimum absolute atomic E-state index is 0.0622. The lowest BCUT2D eigenvalue weighted by atomic mass is 10.2. The van der Waals surface area contributed by atoms with E-state index in [-0.39, 0.29) is 16.7 Å². The van der Waals surface area contributed by atoms with E-state index in [0.29, 0.717) is 56.0 Å². The van der Waals surface area contributed by atoms with E-state index in [1.807, 2.05) is 13.8 Å². The average Bonchev–Trinajstić information content (AvgIpc) is 3.53. The minimum atomic E-state index is -3.71. The van der Waals surface area contributed by atoms with Crippen LogP contribution in [0.25, 0.3) is 0 Å². The molecule has 2 aromatic carbocycles. The molecule has 0 bridgehead atoms. The zero-order chi connectivity index (χ0) is 22.7. The fourth-order valence-corrected chi connectivity index (χ4v) is 5.04. The first-order valence-corrected chi connectivity index (χ1v) is 12.3. The largest absolute Gasteiger partial charge is 0.494 e. The van der Waals surface area contributed by atoms with Gasteiger partial charge in [-0.1, -0.05) is 6.92 Å². The summed E-state index contributed by atoms with van der Waals surface area (Å²) in [6.45, 7) is 5.81. The molecule has 4 rings (SSSR count). The van der Waals surface area contributed by atoms with Gasteiger partial charge in [0, 0.05) is 19.0 Å². The lowest BCUT2D eigenvalue weighted by Gasteiger charge is -2.26. The Morgan fingerprint density at radius 2 is 1.78 bits per heavy atom. The maximum Gasteiger partial charge on any atom is 0.243 e. The Hall–Kier alpha value is -2.62. The van der Waals surface area contributed by atoms with Crippen molar-refractivity contribution in [2.24, 2.45) is 11.8 Å². The highest BCUT2D eigenvalue weighted by Crippen LogP contribution is 2.40. The SMILES string of the molecule is CCOc1ccc(Oc2ccc(S(=O)(=O)N3CCOCC3)cc2NC(=O)[C@H]2C[C@H]2C)cc1. The van der Waals surface area contributed by atoms with Crippen molar-refractivity contribution in [1.29, 1.82) is 0 Å². The van der Waals surface area contributed by atoms with Gasteiger partial charge in [0.1, 0.15) is 11.5 Å². The van der Waals surface area contributed by atoms with Gasteiger partial charge >= 0.3 is 0 Å². The van der Waals surface area contributed by atoms with E-state index in [0.717, 1.165) is 12.2 Å². The number of benzene rings is 2. The van der Waals surface area contributed by atoms with Crippen molar-refractivity contribution in [1.82, 2.24) is 4.31 Å². The predicted octanol–water partition coefficient (Wildman–Crippen LogP) is 3.49. The molecule has 1 saturated carbocycles. The highest BCUT2D eigenvalue weighted by atomic mass is 32.2. The van der Waals surface area contributed by atoms with Gasteiger partial charge in [0.05, 0.1) is 30.4 Å². The number of carbonyl (C=O) groups is 1. The molecule has 2 fully saturated rings. The number of nitrogens with zero attached hydrogens (tertiary/aromatic N) is 1. The number of hydrogen-bond donors (Lipinski definition) is 1. The van der Waals surface area contributed by atoms with Gasteiger partial charge in [0.2, 0.25) is 15.9 Å². The van der Waals surface area contributed by atoms with Crippen LogP contribution in [0.15, 0.2) is 47.4 Å². The number of morpholine rings is 1. The molecular weight excluding hydrogens is 432 g/mol. The molecule has 9 heteroatoms. The van der Waals surface area contributed by atoms with Crippen LogP contribution < -0.4 is 14.8 Å². The molecule has 1 aliphatic carbocycles. The Bertz CT molecular complexity index is 1060. The fourth-order valence-electron chi connectivity index (χ4n) is 3.60. The highest BCUT2D eigenvalue weighted by Gasteiger charge is 2.39. The van der Waals surface area contributed by atoms with Gasteiger partial charge in [0.25, 0.3) is 0 Å². The number of ether oxygens (including phenoxy) is 3. The van der Waals surface area contributed by atoms with E-state index in [1.54, 1.807) is 30.3 Å². The van der Waals surface area contributed by atoms with E-state index in [1.165, 1.54) is 16.4 Å². The zero-order valence-electron chi connectivity index (χ0n) is 18.2. The molecule has 1 heterocycles. The Kier molecular flexibility index (Phi) is 6.68. The van der Waals surface area contributed by atoms with Crippen molar-refractivity contribution >= 4 is 21.6 Å². The van der Waals surface area contributed by atoms with Crippen molar-refractivity contribution < 1.29 is 27.4 Å². The molecule has 1 saturated heterocycles. The summed E-state index contributed by atoms with van der Waals surface area (Å²) in [7, 11) is -3.71. The number of hydrogen-bond acceptors (Lipinski definition) is 6. The molecule has 0 aromatic heterocycles. The molecule has 0 radical (unpaired) electrons. The van der Waals surface area contributed by atoms with Crippen LogP contribution in [0.4, 0.5) is 5.69 Å². The first-order valence-electron chi connectivity index (χ1n) is 10.8. The van der Waals surface area contributed by atoms with Gasteiger partial charge in [0.15, 0.2) is 5.75 Å². The van der Waals surface area contributed by atoms with Gasteiger partial charge in [-0.25, -0.2) is 8.42 Å². The molecule has 0 unspecified atom stereocenters. The molecule has 2 atom stereocenters. The van der Waals surface area contributed by atoms with E-state index >= 15 is 0 Å². The summed E-state index contributed by atoms with van der Waals surface area (Å²) in [5.74, 6) is 1.78. The van der Waals surface area contributed by atoms with Crippen molar-refractivity contribution in [3.05, 3.63) is 42.5 Å². The smallest absolute Gasteiger partial charge is 0.243 e. The summed E-state index contributed by atoms with van der Waals surface area (Å²) < 4.78 is 44.3. The third-order valence-electron chi connectivity index (χ3n) is 5.63. The van der Waals surface area contributed by atoms with E-state index < -0.39 is 10.0 Å². The molecule has 32 heavy (non-hydrogen) atoms. The van der Waals surface area contributed by atoms with E-state index in [4.69, 9.17) is 14.2 Å². The quantitative estimate of drug-likeness (QED) is 0.648. The van der Waals surface area contributed by atoms with Gasteiger partial charge < -0.3 is 19.5 Å². The Morgan fingerprint density at radius 3 is 2.41 bits per heavy atom. The summed E-state index contributed by atoms with van der Waals surface area (Å²) >= 11 is 0. The number of carbonyl (C=O) groups excluding carboxylic acids is 1. The summed E-state index contributed by atoms with van der Waals surface area (Å²) in [6.07, 6.45) is 0.826. The van der Waals surface area contributed by atoms with Crippen molar-refractivity contribution in [2.45, 2.75) is 25.2 Å². The normalized spacial score (nSPS) is 21.1. The molecule has 2 aromatic rings. The van der Waals surface area contributed by atoms with Crippen LogP contribution in [0.2, 0.25) is 0 Å². The van der Waals surface area contributed by atoms with Crippen LogP contribution in [0, 0.1) is 11.8 Å². The van der Waals surface area contributed by atoms with Crippen molar-refractivity contribution in [3.8, 4) is 17.2 Å². The second-order valence-electron chi connectivity index (χ2n) is 7.99. The van der Waals surface area contributed by atoms with E-state index in [9.17, 15) is 13.2 Å². The molecule has 1 N–H and O–H groups in total. The molecule has 172 valence electrons. The fraction of sp³-hybridized carbons (Fsp3) is 0.435. The summed E-state index contributed by atoms with van der Waals surface area (Å²) in [6, 6.07) is 11.7. The van der Waals surface area contributed by atoms with Crippen LogP contribution in [0.3, 0.4) is 0 Å². The predicted molar refractivity (Wildman–Crippen MR) is 120 cm³/mol. The first-order chi connectivity index (χ1) is 15.4. The molecule has 2 aliphatic rings. The Labute approximate surface area is 188 Å². The summed E-state index contributed by atoms with van der Waals surface area (Å²) in [4.78, 5) is 12.7. The number of amides is 1. The summed E-state index contributed by atoms with van der Waals surface area (Å²) in [5, 5.41) is 2.87. The maximum atomic E-state index is 13.1. The van der Waals surface area contributed by atoms with Crippen molar-refractivity contribution in [3.63, 3.8) is 0 Å². The molecule has 8 nitrogen and oxygen atoms in total. The second-order valence-corrected chi connectivity index (χ2v) is 9.93.